The van der Waals surface area contributed by atoms with E-state index in [2.05, 4.69) is 36.8 Å². The van der Waals surface area contributed by atoms with Gasteiger partial charge >= 0.3 is 6.09 Å². The van der Waals surface area contributed by atoms with Gasteiger partial charge in [0.1, 0.15) is 10.3 Å². The molecule has 13 heteroatoms. The molecule has 0 spiro atoms. The van der Waals surface area contributed by atoms with Crippen molar-refractivity contribution in [2.45, 2.75) is 33.2 Å². The Morgan fingerprint density at radius 1 is 1.14 bits per heavy atom. The second kappa shape index (κ2) is 10.9. The van der Waals surface area contributed by atoms with E-state index in [0.29, 0.717) is 10.2 Å². The van der Waals surface area contributed by atoms with E-state index in [9.17, 15) is 14.4 Å². The molecule has 2 N–H and O–H groups in total. The summed E-state index contributed by atoms with van der Waals surface area (Å²) in [6.45, 7) is 6.84. The zero-order valence-corrected chi connectivity index (χ0v) is 23.1. The molecule has 0 atom stereocenters. The summed E-state index contributed by atoms with van der Waals surface area (Å²) in [4.78, 5) is 43.1. The highest BCUT2D eigenvalue weighted by Crippen LogP contribution is 2.28. The van der Waals surface area contributed by atoms with Crippen LogP contribution in [0.15, 0.2) is 41.1 Å². The fourth-order valence-electron chi connectivity index (χ4n) is 3.21. The number of methoxy groups -OCH3 is 1. The first-order valence-electron chi connectivity index (χ1n) is 10.5. The largest absolute Gasteiger partial charge is 0.452 e. The highest BCUT2D eigenvalue weighted by Gasteiger charge is 2.31. The standard InChI is InChI=1S/C23H23BrCl2N6O4/c1-12-9-13(25)10-14(20(33)30-32(22(35)36-5)23(2,3)4)18(12)28-21(34)16-11-17(24)29-31(16)19-15(26)7-6-8-27-19/h6-11H,1-5H3,(H,28,34)(H,30,33). The number of aromatic nitrogens is 3. The normalized spacial score (nSPS) is 11.1. The van der Waals surface area contributed by atoms with Gasteiger partial charge in [-0.25, -0.2) is 19.5 Å². The second-order valence-corrected chi connectivity index (χ2v) is 10.2. The molecule has 190 valence electrons. The van der Waals surface area contributed by atoms with Crippen LogP contribution in [0.4, 0.5) is 10.5 Å². The molecule has 0 saturated carbocycles. The Morgan fingerprint density at radius 3 is 2.44 bits per heavy atom. The molecule has 3 amide bonds. The van der Waals surface area contributed by atoms with Crippen molar-refractivity contribution in [3.05, 3.63) is 68.0 Å². The predicted octanol–water partition coefficient (Wildman–Crippen LogP) is 5.41. The van der Waals surface area contributed by atoms with Gasteiger partial charge in [0, 0.05) is 17.3 Å². The Kier molecular flexibility index (Phi) is 8.27. The second-order valence-electron chi connectivity index (χ2n) is 8.59. The topological polar surface area (TPSA) is 118 Å². The number of halogens is 3. The van der Waals surface area contributed by atoms with Crippen molar-refractivity contribution in [2.24, 2.45) is 0 Å². The molecule has 2 heterocycles. The number of nitrogens with one attached hydrogen (secondary N) is 2. The summed E-state index contributed by atoms with van der Waals surface area (Å²) in [5.74, 6) is -1.02. The van der Waals surface area contributed by atoms with Crippen LogP contribution in [0.2, 0.25) is 10.0 Å². The number of hydrazine groups is 1. The van der Waals surface area contributed by atoms with Crippen molar-refractivity contribution in [2.75, 3.05) is 12.4 Å². The zero-order valence-electron chi connectivity index (χ0n) is 20.0. The van der Waals surface area contributed by atoms with Gasteiger partial charge in [-0.2, -0.15) is 5.10 Å². The lowest BCUT2D eigenvalue weighted by Gasteiger charge is -2.34. The maximum atomic E-state index is 13.4. The third-order valence-electron chi connectivity index (χ3n) is 4.88. The number of hydrogen-bond acceptors (Lipinski definition) is 6. The summed E-state index contributed by atoms with van der Waals surface area (Å²) in [5, 5.41) is 8.62. The van der Waals surface area contributed by atoms with Crippen LogP contribution in [0.1, 0.15) is 47.2 Å². The van der Waals surface area contributed by atoms with E-state index in [1.54, 1.807) is 45.9 Å². The molecule has 0 aliphatic rings. The molecule has 0 aliphatic carbocycles. The van der Waals surface area contributed by atoms with Gasteiger partial charge in [0.15, 0.2) is 5.82 Å². The average Bonchev–Trinajstić information content (AvgIpc) is 3.19. The summed E-state index contributed by atoms with van der Waals surface area (Å²) in [7, 11) is 1.21. The summed E-state index contributed by atoms with van der Waals surface area (Å²) < 4.78 is 6.45. The van der Waals surface area contributed by atoms with Crippen LogP contribution in [-0.4, -0.2) is 50.3 Å². The number of benzene rings is 1. The van der Waals surface area contributed by atoms with E-state index < -0.39 is 23.4 Å². The summed E-state index contributed by atoms with van der Waals surface area (Å²) >= 11 is 15.8. The third kappa shape index (κ3) is 5.97. The van der Waals surface area contributed by atoms with Gasteiger partial charge in [-0.05, 0) is 73.5 Å². The lowest BCUT2D eigenvalue weighted by molar-refractivity contribution is 0.0421. The molecule has 3 aromatic rings. The van der Waals surface area contributed by atoms with E-state index in [1.165, 1.54) is 30.1 Å². The monoisotopic (exact) mass is 596 g/mol. The number of carbonyl (C=O) groups is 3. The summed E-state index contributed by atoms with van der Waals surface area (Å²) in [6.07, 6.45) is 0.758. The fraction of sp³-hybridized carbons (Fsp3) is 0.261. The quantitative estimate of drug-likeness (QED) is 0.388. The Bertz CT molecular complexity index is 1340. The van der Waals surface area contributed by atoms with E-state index in [4.69, 9.17) is 27.9 Å². The van der Waals surface area contributed by atoms with Crippen LogP contribution in [0, 0.1) is 6.92 Å². The molecular formula is C23H23BrCl2N6O4. The molecule has 0 unspecified atom stereocenters. The zero-order chi connectivity index (χ0) is 26.8. The van der Waals surface area contributed by atoms with Crippen LogP contribution in [0.3, 0.4) is 0 Å². The Morgan fingerprint density at radius 2 is 1.83 bits per heavy atom. The van der Waals surface area contributed by atoms with Gasteiger partial charge in [0.2, 0.25) is 0 Å². The van der Waals surface area contributed by atoms with Gasteiger partial charge in [-0.3, -0.25) is 15.0 Å². The van der Waals surface area contributed by atoms with E-state index >= 15 is 0 Å². The maximum absolute atomic E-state index is 13.4. The first-order chi connectivity index (χ1) is 16.8. The Hall–Kier alpha value is -3.15. The number of hydrogen-bond donors (Lipinski definition) is 2. The summed E-state index contributed by atoms with van der Waals surface area (Å²) in [5.41, 5.74) is 2.58. The van der Waals surface area contributed by atoms with Crippen LogP contribution in [-0.2, 0) is 4.74 Å². The van der Waals surface area contributed by atoms with Gasteiger partial charge in [-0.15, -0.1) is 0 Å². The van der Waals surface area contributed by atoms with Gasteiger partial charge in [-0.1, -0.05) is 23.2 Å². The minimum atomic E-state index is -0.805. The van der Waals surface area contributed by atoms with Crippen molar-refractivity contribution in [3.8, 4) is 5.82 Å². The lowest BCUT2D eigenvalue weighted by atomic mass is 10.1. The van der Waals surface area contributed by atoms with Crippen molar-refractivity contribution in [1.29, 1.82) is 0 Å². The number of rotatable bonds is 4. The molecule has 0 bridgehead atoms. The molecule has 10 nitrogen and oxygen atoms in total. The van der Waals surface area contributed by atoms with Gasteiger partial charge < -0.3 is 10.1 Å². The molecule has 0 radical (unpaired) electrons. The highest BCUT2D eigenvalue weighted by molar-refractivity contribution is 9.10. The molecule has 1 aromatic carbocycles. The molecule has 0 aliphatic heterocycles. The first kappa shape index (κ1) is 27.4. The van der Waals surface area contributed by atoms with Gasteiger partial charge in [0.25, 0.3) is 11.8 Å². The molecule has 0 saturated heterocycles. The lowest BCUT2D eigenvalue weighted by Crippen LogP contribution is -2.55. The summed E-state index contributed by atoms with van der Waals surface area (Å²) in [6, 6.07) is 7.75. The minimum absolute atomic E-state index is 0.0347. The predicted molar refractivity (Wildman–Crippen MR) is 140 cm³/mol. The number of nitrogens with zero attached hydrogens (tertiary/aromatic N) is 4. The maximum Gasteiger partial charge on any atom is 0.428 e. The van der Waals surface area contributed by atoms with Crippen molar-refractivity contribution >= 4 is 62.7 Å². The van der Waals surface area contributed by atoms with Crippen molar-refractivity contribution in [3.63, 3.8) is 0 Å². The molecular weight excluding hydrogens is 575 g/mol. The van der Waals surface area contributed by atoms with Crippen LogP contribution in [0.25, 0.3) is 5.82 Å². The van der Waals surface area contributed by atoms with E-state index in [1.807, 2.05) is 0 Å². The smallest absolute Gasteiger partial charge is 0.428 e. The van der Waals surface area contributed by atoms with Crippen LogP contribution < -0.4 is 10.7 Å². The minimum Gasteiger partial charge on any atom is -0.452 e. The molecule has 0 fully saturated rings. The Labute approximate surface area is 226 Å². The average molecular weight is 598 g/mol. The number of pyridine rings is 1. The molecule has 3 rings (SSSR count). The number of amides is 3. The Balaban J connectivity index is 2.01. The van der Waals surface area contributed by atoms with E-state index in [-0.39, 0.29) is 32.8 Å². The van der Waals surface area contributed by atoms with Crippen molar-refractivity contribution in [1.82, 2.24) is 25.2 Å². The number of anilines is 1. The van der Waals surface area contributed by atoms with Gasteiger partial charge in [0.05, 0.1) is 28.9 Å². The third-order valence-corrected chi connectivity index (χ3v) is 5.78. The SMILES string of the molecule is COC(=O)N(NC(=O)c1cc(Cl)cc(C)c1NC(=O)c1cc(Br)nn1-c1ncccc1Cl)C(C)(C)C. The molecule has 2 aromatic heterocycles. The number of ether oxygens (including phenoxy) is 1. The molecule has 36 heavy (non-hydrogen) atoms. The van der Waals surface area contributed by atoms with Crippen LogP contribution >= 0.6 is 39.1 Å². The fourth-order valence-corrected chi connectivity index (χ4v) is 4.06. The number of carbonyl (C=O) groups excluding carboxylic acids is 3. The number of aryl methyl sites for hydroxylation is 1. The van der Waals surface area contributed by atoms with Crippen molar-refractivity contribution < 1.29 is 19.1 Å². The highest BCUT2D eigenvalue weighted by atomic mass is 79.9. The van der Waals surface area contributed by atoms with Crippen LogP contribution in [0.5, 0.6) is 0 Å². The van der Waals surface area contributed by atoms with E-state index in [0.717, 1.165) is 5.01 Å². The first-order valence-corrected chi connectivity index (χ1v) is 12.1.